The summed E-state index contributed by atoms with van der Waals surface area (Å²) >= 11 is 0. The van der Waals surface area contributed by atoms with E-state index < -0.39 is 6.10 Å². The predicted molar refractivity (Wildman–Crippen MR) is 76.0 cm³/mol. The van der Waals surface area contributed by atoms with E-state index in [9.17, 15) is 9.90 Å². The summed E-state index contributed by atoms with van der Waals surface area (Å²) in [6.45, 7) is 3.94. The molecule has 2 aromatic rings. The Morgan fingerprint density at radius 2 is 2.20 bits per heavy atom. The highest BCUT2D eigenvalue weighted by molar-refractivity contribution is 5.38. The average Bonchev–Trinajstić information content (AvgIpc) is 2.42. The maximum Gasteiger partial charge on any atom is 0.347 e. The molecule has 0 spiro atoms. The SMILES string of the molecule is COc1ccc(C(C)O)cc1Cn1cc(C)cnc1=O. The van der Waals surface area contributed by atoms with Crippen molar-refractivity contribution < 1.29 is 9.84 Å². The Hall–Kier alpha value is -2.14. The summed E-state index contributed by atoms with van der Waals surface area (Å²) in [7, 11) is 1.58. The zero-order chi connectivity index (χ0) is 14.7. The monoisotopic (exact) mass is 274 g/mol. The lowest BCUT2D eigenvalue weighted by Crippen LogP contribution is -2.23. The molecule has 2 rings (SSSR count). The van der Waals surface area contributed by atoms with Crippen LogP contribution in [-0.2, 0) is 6.54 Å². The molecule has 20 heavy (non-hydrogen) atoms. The molecule has 5 heteroatoms. The fourth-order valence-corrected chi connectivity index (χ4v) is 2.04. The minimum Gasteiger partial charge on any atom is -0.496 e. The van der Waals surface area contributed by atoms with Crippen molar-refractivity contribution in [1.82, 2.24) is 9.55 Å². The molecule has 0 bridgehead atoms. The molecule has 0 radical (unpaired) electrons. The minimum absolute atomic E-state index is 0.305. The molecule has 0 saturated heterocycles. The average molecular weight is 274 g/mol. The third kappa shape index (κ3) is 3.05. The number of aliphatic hydroxyl groups is 1. The quantitative estimate of drug-likeness (QED) is 0.921. The lowest BCUT2D eigenvalue weighted by Gasteiger charge is -2.13. The first-order chi connectivity index (χ1) is 9.51. The zero-order valence-electron chi connectivity index (χ0n) is 11.8. The van der Waals surface area contributed by atoms with Crippen molar-refractivity contribution in [2.24, 2.45) is 0 Å². The molecule has 1 aromatic heterocycles. The fourth-order valence-electron chi connectivity index (χ4n) is 2.04. The molecular formula is C15H18N2O3. The lowest BCUT2D eigenvalue weighted by atomic mass is 10.1. The number of methoxy groups -OCH3 is 1. The van der Waals surface area contributed by atoms with Crippen LogP contribution in [-0.4, -0.2) is 21.8 Å². The van der Waals surface area contributed by atoms with Crippen molar-refractivity contribution in [3.63, 3.8) is 0 Å². The van der Waals surface area contributed by atoms with E-state index in [1.807, 2.05) is 19.1 Å². The summed E-state index contributed by atoms with van der Waals surface area (Å²) in [6, 6.07) is 5.45. The van der Waals surface area contributed by atoms with Gasteiger partial charge in [0.1, 0.15) is 5.75 Å². The Morgan fingerprint density at radius 3 is 2.85 bits per heavy atom. The van der Waals surface area contributed by atoms with E-state index in [1.54, 1.807) is 32.5 Å². The summed E-state index contributed by atoms with van der Waals surface area (Å²) in [4.78, 5) is 15.6. The summed E-state index contributed by atoms with van der Waals surface area (Å²) in [5.74, 6) is 0.683. The molecule has 1 heterocycles. The van der Waals surface area contributed by atoms with Gasteiger partial charge in [-0.1, -0.05) is 6.07 Å². The van der Waals surface area contributed by atoms with E-state index in [4.69, 9.17) is 4.74 Å². The van der Waals surface area contributed by atoms with Crippen LogP contribution in [0.15, 0.2) is 35.4 Å². The molecule has 0 aliphatic rings. The van der Waals surface area contributed by atoms with E-state index in [-0.39, 0.29) is 5.69 Å². The van der Waals surface area contributed by atoms with Crippen molar-refractivity contribution in [2.45, 2.75) is 26.5 Å². The summed E-state index contributed by atoms with van der Waals surface area (Å²) in [6.07, 6.45) is 2.73. The van der Waals surface area contributed by atoms with Gasteiger partial charge >= 0.3 is 5.69 Å². The van der Waals surface area contributed by atoms with Gasteiger partial charge in [0, 0.05) is 18.0 Å². The fraction of sp³-hybridized carbons (Fsp3) is 0.333. The standard InChI is InChI=1S/C15H18N2O3/c1-10-7-16-15(19)17(8-10)9-13-6-12(11(2)18)4-5-14(13)20-3/h4-8,11,18H,9H2,1-3H3. The van der Waals surface area contributed by atoms with Crippen LogP contribution in [0.1, 0.15) is 29.7 Å². The van der Waals surface area contributed by atoms with E-state index in [0.29, 0.717) is 12.3 Å². The molecular weight excluding hydrogens is 256 g/mol. The first-order valence-electron chi connectivity index (χ1n) is 6.39. The van der Waals surface area contributed by atoms with Gasteiger partial charge in [-0.3, -0.25) is 4.57 Å². The normalized spacial score (nSPS) is 12.2. The number of rotatable bonds is 4. The van der Waals surface area contributed by atoms with Gasteiger partial charge in [0.2, 0.25) is 0 Å². The molecule has 0 aliphatic carbocycles. The van der Waals surface area contributed by atoms with Gasteiger partial charge in [0.15, 0.2) is 0 Å². The summed E-state index contributed by atoms with van der Waals surface area (Å²) < 4.78 is 6.83. The lowest BCUT2D eigenvalue weighted by molar-refractivity contribution is 0.199. The number of ether oxygens (including phenoxy) is 1. The maximum atomic E-state index is 11.8. The second-order valence-corrected chi connectivity index (χ2v) is 4.79. The van der Waals surface area contributed by atoms with E-state index in [1.165, 1.54) is 4.57 Å². The van der Waals surface area contributed by atoms with Crippen molar-refractivity contribution in [1.29, 1.82) is 0 Å². The second-order valence-electron chi connectivity index (χ2n) is 4.79. The number of aliphatic hydroxyl groups excluding tert-OH is 1. The Bertz CT molecular complexity index is 662. The summed E-state index contributed by atoms with van der Waals surface area (Å²) in [5.41, 5.74) is 2.23. The Labute approximate surface area is 117 Å². The van der Waals surface area contributed by atoms with Gasteiger partial charge < -0.3 is 9.84 Å². The number of aryl methyl sites for hydroxylation is 1. The molecule has 1 aromatic carbocycles. The minimum atomic E-state index is -0.563. The molecule has 0 fully saturated rings. The molecule has 0 amide bonds. The van der Waals surface area contributed by atoms with Crippen molar-refractivity contribution in [3.05, 3.63) is 57.8 Å². The van der Waals surface area contributed by atoms with Gasteiger partial charge in [-0.15, -0.1) is 0 Å². The van der Waals surface area contributed by atoms with Crippen molar-refractivity contribution >= 4 is 0 Å². The molecule has 1 N–H and O–H groups in total. The van der Waals surface area contributed by atoms with Gasteiger partial charge in [-0.25, -0.2) is 9.78 Å². The van der Waals surface area contributed by atoms with Crippen LogP contribution >= 0.6 is 0 Å². The number of aromatic nitrogens is 2. The highest BCUT2D eigenvalue weighted by Crippen LogP contribution is 2.23. The van der Waals surface area contributed by atoms with Crippen LogP contribution in [0.25, 0.3) is 0 Å². The van der Waals surface area contributed by atoms with Crippen LogP contribution in [0.3, 0.4) is 0 Å². The Balaban J connectivity index is 2.43. The summed E-state index contributed by atoms with van der Waals surface area (Å²) in [5, 5.41) is 9.65. The number of hydrogen-bond donors (Lipinski definition) is 1. The van der Waals surface area contributed by atoms with Crippen LogP contribution in [0.2, 0.25) is 0 Å². The predicted octanol–water partition coefficient (Wildman–Crippen LogP) is 1.66. The second kappa shape index (κ2) is 5.88. The highest BCUT2D eigenvalue weighted by atomic mass is 16.5. The van der Waals surface area contributed by atoms with Crippen molar-refractivity contribution in [3.8, 4) is 5.75 Å². The smallest absolute Gasteiger partial charge is 0.347 e. The van der Waals surface area contributed by atoms with E-state index in [2.05, 4.69) is 4.98 Å². The maximum absolute atomic E-state index is 11.8. The van der Waals surface area contributed by atoms with Gasteiger partial charge in [-0.05, 0) is 37.1 Å². The Morgan fingerprint density at radius 1 is 1.45 bits per heavy atom. The first-order valence-corrected chi connectivity index (χ1v) is 6.39. The number of benzene rings is 1. The highest BCUT2D eigenvalue weighted by Gasteiger charge is 2.09. The zero-order valence-corrected chi connectivity index (χ0v) is 11.8. The molecule has 5 nitrogen and oxygen atoms in total. The van der Waals surface area contributed by atoms with E-state index >= 15 is 0 Å². The molecule has 0 aliphatic heterocycles. The van der Waals surface area contributed by atoms with Crippen LogP contribution in [0.5, 0.6) is 5.75 Å². The number of nitrogens with zero attached hydrogens (tertiary/aromatic N) is 2. The van der Waals surface area contributed by atoms with Crippen LogP contribution in [0.4, 0.5) is 0 Å². The van der Waals surface area contributed by atoms with Crippen LogP contribution < -0.4 is 10.4 Å². The largest absolute Gasteiger partial charge is 0.496 e. The Kier molecular flexibility index (Phi) is 4.20. The van der Waals surface area contributed by atoms with E-state index in [0.717, 1.165) is 16.7 Å². The molecule has 1 atom stereocenters. The molecule has 106 valence electrons. The topological polar surface area (TPSA) is 64.3 Å². The first kappa shape index (κ1) is 14.3. The third-order valence-electron chi connectivity index (χ3n) is 3.11. The van der Waals surface area contributed by atoms with Gasteiger partial charge in [0.25, 0.3) is 0 Å². The molecule has 1 unspecified atom stereocenters. The third-order valence-corrected chi connectivity index (χ3v) is 3.11. The van der Waals surface area contributed by atoms with Gasteiger partial charge in [0.05, 0.1) is 19.8 Å². The van der Waals surface area contributed by atoms with Crippen molar-refractivity contribution in [2.75, 3.05) is 7.11 Å². The van der Waals surface area contributed by atoms with Crippen LogP contribution in [0, 0.1) is 6.92 Å². The van der Waals surface area contributed by atoms with Gasteiger partial charge in [-0.2, -0.15) is 0 Å². The molecule has 0 saturated carbocycles. The number of hydrogen-bond acceptors (Lipinski definition) is 4.